The monoisotopic (exact) mass is 332 g/mol. The number of ether oxygens (including phenoxy) is 2. The molecule has 2 rings (SSSR count). The van der Waals surface area contributed by atoms with Gasteiger partial charge < -0.3 is 14.6 Å². The lowest BCUT2D eigenvalue weighted by molar-refractivity contribution is -0.149. The Morgan fingerprint density at radius 3 is 2.83 bits per heavy atom. The molecule has 0 aliphatic carbocycles. The topological polar surface area (TPSA) is 55.8 Å². The lowest BCUT2D eigenvalue weighted by Gasteiger charge is -2.31. The van der Waals surface area contributed by atoms with E-state index in [2.05, 4.69) is 0 Å². The Kier molecular flexibility index (Phi) is 6.85. The molecule has 1 aromatic carbocycles. The first-order chi connectivity index (χ1) is 11.5. The largest absolute Gasteiger partial charge is 0.493 e. The summed E-state index contributed by atoms with van der Waals surface area (Å²) >= 11 is 0. The number of aliphatic hydroxyl groups excluding tert-OH is 1. The van der Waals surface area contributed by atoms with Crippen LogP contribution in [0.15, 0.2) is 35.9 Å². The van der Waals surface area contributed by atoms with Crippen molar-refractivity contribution in [2.45, 2.75) is 52.1 Å². The fourth-order valence-electron chi connectivity index (χ4n) is 3.34. The van der Waals surface area contributed by atoms with Crippen LogP contribution in [0.5, 0.6) is 5.75 Å². The number of hydrogen-bond donors (Lipinski definition) is 1. The minimum atomic E-state index is -0.526. The third-order valence-corrected chi connectivity index (χ3v) is 4.38. The van der Waals surface area contributed by atoms with Crippen LogP contribution in [0.2, 0.25) is 0 Å². The molecule has 1 N–H and O–H groups in total. The number of para-hydroxylation sites is 1. The van der Waals surface area contributed by atoms with E-state index in [1.807, 2.05) is 51.1 Å². The van der Waals surface area contributed by atoms with E-state index in [9.17, 15) is 9.90 Å². The molecule has 1 aromatic rings. The molecule has 1 aliphatic heterocycles. The molecule has 24 heavy (non-hydrogen) atoms. The number of esters is 1. The minimum absolute atomic E-state index is 0.0768. The number of benzene rings is 1. The normalized spacial score (nSPS) is 18.8. The molecule has 4 nitrogen and oxygen atoms in total. The fraction of sp³-hybridized carbons (Fsp3) is 0.550. The molecule has 4 heteroatoms. The number of aliphatic hydroxyl groups is 1. The first kappa shape index (κ1) is 18.5. The van der Waals surface area contributed by atoms with Gasteiger partial charge in [0.15, 0.2) is 0 Å². The van der Waals surface area contributed by atoms with E-state index in [1.54, 1.807) is 0 Å². The zero-order chi connectivity index (χ0) is 17.5. The van der Waals surface area contributed by atoms with Crippen molar-refractivity contribution >= 4 is 5.97 Å². The van der Waals surface area contributed by atoms with E-state index in [4.69, 9.17) is 9.47 Å². The van der Waals surface area contributed by atoms with E-state index in [0.717, 1.165) is 23.3 Å². The molecule has 0 amide bonds. The lowest BCUT2D eigenvalue weighted by Crippen LogP contribution is -2.29. The summed E-state index contributed by atoms with van der Waals surface area (Å²) < 4.78 is 11.0. The Bertz CT molecular complexity index is 575. The molecule has 3 unspecified atom stereocenters. The zero-order valence-electron chi connectivity index (χ0n) is 14.8. The maximum absolute atomic E-state index is 12.5. The summed E-state index contributed by atoms with van der Waals surface area (Å²) in [5, 5.41) is 10.1. The summed E-state index contributed by atoms with van der Waals surface area (Å²) in [4.78, 5) is 12.5. The molecule has 132 valence electrons. The van der Waals surface area contributed by atoms with Crippen molar-refractivity contribution in [2.75, 3.05) is 13.2 Å². The standard InChI is InChI=1S/C20H28O4/c1-4-23-20(22)18(10-9-15(21)13-14(2)3)16-11-12-24-19-8-6-5-7-17(16)19/h5-8,13,15-16,18,21H,4,9-12H2,1-3H3. The van der Waals surface area contributed by atoms with E-state index in [-0.39, 0.29) is 17.8 Å². The predicted molar refractivity (Wildman–Crippen MR) is 94.1 cm³/mol. The van der Waals surface area contributed by atoms with Gasteiger partial charge in [-0.05, 0) is 51.7 Å². The summed E-state index contributed by atoms with van der Waals surface area (Å²) in [5.74, 6) is 0.500. The second-order valence-corrected chi connectivity index (χ2v) is 6.53. The number of hydrogen-bond acceptors (Lipinski definition) is 4. The van der Waals surface area contributed by atoms with Crippen LogP contribution in [0.3, 0.4) is 0 Å². The highest BCUT2D eigenvalue weighted by atomic mass is 16.5. The van der Waals surface area contributed by atoms with Gasteiger partial charge in [-0.1, -0.05) is 29.8 Å². The van der Waals surface area contributed by atoms with Gasteiger partial charge in [0.1, 0.15) is 5.75 Å². The molecule has 0 aromatic heterocycles. The van der Waals surface area contributed by atoms with Crippen molar-refractivity contribution in [3.8, 4) is 5.75 Å². The van der Waals surface area contributed by atoms with E-state index in [0.29, 0.717) is 26.1 Å². The Hall–Kier alpha value is -1.81. The van der Waals surface area contributed by atoms with Crippen LogP contribution in [0.25, 0.3) is 0 Å². The maximum Gasteiger partial charge on any atom is 0.309 e. The van der Waals surface area contributed by atoms with E-state index >= 15 is 0 Å². The molecule has 0 saturated heterocycles. The molecular formula is C20H28O4. The molecule has 0 fully saturated rings. The highest BCUT2D eigenvalue weighted by molar-refractivity contribution is 5.74. The summed E-state index contributed by atoms with van der Waals surface area (Å²) in [7, 11) is 0. The smallest absolute Gasteiger partial charge is 0.309 e. The van der Waals surface area contributed by atoms with Crippen LogP contribution in [-0.2, 0) is 9.53 Å². The Labute approximate surface area is 144 Å². The van der Waals surface area contributed by atoms with Crippen molar-refractivity contribution in [2.24, 2.45) is 5.92 Å². The first-order valence-corrected chi connectivity index (χ1v) is 8.74. The van der Waals surface area contributed by atoms with Gasteiger partial charge in [-0.2, -0.15) is 0 Å². The highest BCUT2D eigenvalue weighted by Gasteiger charge is 2.34. The van der Waals surface area contributed by atoms with E-state index in [1.165, 1.54) is 0 Å². The number of carbonyl (C=O) groups excluding carboxylic acids is 1. The van der Waals surface area contributed by atoms with Crippen LogP contribution in [0, 0.1) is 5.92 Å². The maximum atomic E-state index is 12.5. The van der Waals surface area contributed by atoms with Gasteiger partial charge in [0, 0.05) is 5.92 Å². The number of allylic oxidation sites excluding steroid dienone is 1. The van der Waals surface area contributed by atoms with Crippen molar-refractivity contribution in [3.63, 3.8) is 0 Å². The van der Waals surface area contributed by atoms with Gasteiger partial charge in [0.25, 0.3) is 0 Å². The molecule has 0 spiro atoms. The molecule has 0 radical (unpaired) electrons. The Morgan fingerprint density at radius 1 is 1.38 bits per heavy atom. The van der Waals surface area contributed by atoms with E-state index < -0.39 is 6.10 Å². The van der Waals surface area contributed by atoms with Crippen molar-refractivity contribution in [1.29, 1.82) is 0 Å². The molecule has 1 aliphatic rings. The van der Waals surface area contributed by atoms with Crippen LogP contribution in [-0.4, -0.2) is 30.4 Å². The minimum Gasteiger partial charge on any atom is -0.493 e. The van der Waals surface area contributed by atoms with Gasteiger partial charge in [0.2, 0.25) is 0 Å². The van der Waals surface area contributed by atoms with Gasteiger partial charge in [-0.15, -0.1) is 0 Å². The molecule has 0 bridgehead atoms. The molecule has 1 heterocycles. The van der Waals surface area contributed by atoms with Gasteiger partial charge in [-0.25, -0.2) is 0 Å². The quantitative estimate of drug-likeness (QED) is 0.609. The van der Waals surface area contributed by atoms with Crippen LogP contribution in [0.1, 0.15) is 51.5 Å². The van der Waals surface area contributed by atoms with Crippen LogP contribution in [0.4, 0.5) is 0 Å². The average molecular weight is 332 g/mol. The summed E-state index contributed by atoms with van der Waals surface area (Å²) in [5.41, 5.74) is 2.14. The van der Waals surface area contributed by atoms with Crippen molar-refractivity contribution < 1.29 is 19.4 Å². The number of fused-ring (bicyclic) bond motifs is 1. The highest BCUT2D eigenvalue weighted by Crippen LogP contribution is 2.40. The number of rotatable bonds is 7. The van der Waals surface area contributed by atoms with Gasteiger partial charge >= 0.3 is 5.97 Å². The molecular weight excluding hydrogens is 304 g/mol. The van der Waals surface area contributed by atoms with Crippen molar-refractivity contribution in [1.82, 2.24) is 0 Å². The predicted octanol–water partition coefficient (Wildman–Crippen LogP) is 3.84. The SMILES string of the molecule is CCOC(=O)C(CCC(O)C=C(C)C)C1CCOc2ccccc21. The second kappa shape index (κ2) is 8.88. The third kappa shape index (κ3) is 4.84. The fourth-order valence-corrected chi connectivity index (χ4v) is 3.34. The lowest BCUT2D eigenvalue weighted by atomic mass is 9.79. The van der Waals surface area contributed by atoms with Crippen LogP contribution >= 0.6 is 0 Å². The summed E-state index contributed by atoms with van der Waals surface area (Å²) in [6.07, 6.45) is 3.25. The third-order valence-electron chi connectivity index (χ3n) is 4.38. The van der Waals surface area contributed by atoms with Gasteiger partial charge in [0.05, 0.1) is 25.2 Å². The molecule has 0 saturated carbocycles. The molecule has 3 atom stereocenters. The summed E-state index contributed by atoms with van der Waals surface area (Å²) in [6.45, 7) is 6.72. The van der Waals surface area contributed by atoms with Crippen molar-refractivity contribution in [3.05, 3.63) is 41.5 Å². The summed E-state index contributed by atoms with van der Waals surface area (Å²) in [6, 6.07) is 7.89. The second-order valence-electron chi connectivity index (χ2n) is 6.53. The van der Waals surface area contributed by atoms with Gasteiger partial charge in [-0.3, -0.25) is 4.79 Å². The van der Waals surface area contributed by atoms with Crippen LogP contribution < -0.4 is 4.74 Å². The Balaban J connectivity index is 2.18. The zero-order valence-corrected chi connectivity index (χ0v) is 14.8. The number of carbonyl (C=O) groups is 1. The Morgan fingerprint density at radius 2 is 2.12 bits per heavy atom. The average Bonchev–Trinajstić information content (AvgIpc) is 2.55. The first-order valence-electron chi connectivity index (χ1n) is 8.74.